The van der Waals surface area contributed by atoms with Crippen molar-refractivity contribution in [1.82, 2.24) is 14.4 Å². The summed E-state index contributed by atoms with van der Waals surface area (Å²) in [5.41, 5.74) is 0.469. The number of carbonyl (C=O) groups is 1. The van der Waals surface area contributed by atoms with Gasteiger partial charge >= 0.3 is 0 Å². The summed E-state index contributed by atoms with van der Waals surface area (Å²) in [6, 6.07) is 11.0. The first kappa shape index (κ1) is 24.2. The van der Waals surface area contributed by atoms with Gasteiger partial charge in [-0.2, -0.15) is 9.29 Å². The van der Waals surface area contributed by atoms with E-state index in [-0.39, 0.29) is 22.8 Å². The predicted octanol–water partition coefficient (Wildman–Crippen LogP) is 3.25. The molecule has 1 amide bonds. The fourth-order valence-corrected chi connectivity index (χ4v) is 4.65. The van der Waals surface area contributed by atoms with Crippen LogP contribution in [0.15, 0.2) is 51.9 Å². The van der Waals surface area contributed by atoms with Crippen LogP contribution in [0.4, 0.5) is 5.69 Å². The Labute approximate surface area is 192 Å². The quantitative estimate of drug-likeness (QED) is 0.475. The van der Waals surface area contributed by atoms with Crippen molar-refractivity contribution in [2.75, 3.05) is 25.5 Å². The fourth-order valence-electron chi connectivity index (χ4n) is 3.17. The van der Waals surface area contributed by atoms with Crippen molar-refractivity contribution in [3.05, 3.63) is 59.7 Å². The largest absolute Gasteiger partial charge is 0.495 e. The smallest absolute Gasteiger partial charge is 0.259 e. The molecule has 33 heavy (non-hydrogen) atoms. The molecule has 176 valence electrons. The Morgan fingerprint density at radius 2 is 1.85 bits per heavy atom. The van der Waals surface area contributed by atoms with Crippen LogP contribution in [-0.4, -0.2) is 49.0 Å². The van der Waals surface area contributed by atoms with Gasteiger partial charge < -0.3 is 19.3 Å². The van der Waals surface area contributed by atoms with Gasteiger partial charge in [0.2, 0.25) is 21.7 Å². The van der Waals surface area contributed by atoms with Gasteiger partial charge in [0.15, 0.2) is 6.61 Å². The van der Waals surface area contributed by atoms with Crippen molar-refractivity contribution in [3.63, 3.8) is 0 Å². The first-order valence-electron chi connectivity index (χ1n) is 10.3. The Balaban J connectivity index is 1.87. The molecule has 0 spiro atoms. The number of nitrogens with zero attached hydrogens (tertiary/aromatic N) is 3. The van der Waals surface area contributed by atoms with Crippen molar-refractivity contribution in [2.45, 2.75) is 32.3 Å². The zero-order valence-electron chi connectivity index (χ0n) is 18.9. The summed E-state index contributed by atoms with van der Waals surface area (Å²) in [5, 5.41) is 6.50. The van der Waals surface area contributed by atoms with Crippen molar-refractivity contribution >= 4 is 21.6 Å². The van der Waals surface area contributed by atoms with E-state index < -0.39 is 15.9 Å². The molecule has 0 saturated carbocycles. The first-order chi connectivity index (χ1) is 15.8. The van der Waals surface area contributed by atoms with Gasteiger partial charge in [0.05, 0.1) is 23.3 Å². The highest BCUT2D eigenvalue weighted by molar-refractivity contribution is 7.89. The zero-order chi connectivity index (χ0) is 24.0. The molecule has 2 aromatic carbocycles. The van der Waals surface area contributed by atoms with Crippen LogP contribution in [0.5, 0.6) is 11.5 Å². The normalized spacial score (nSPS) is 11.4. The maximum absolute atomic E-state index is 13.1. The SMILES string of the molecule is CCN(CC)S(=O)(=O)c1ccc(OC)c(NC(=O)c2ccccc2OCc2noc(C)n2)c1. The van der Waals surface area contributed by atoms with Crippen LogP contribution in [0.25, 0.3) is 0 Å². The monoisotopic (exact) mass is 474 g/mol. The number of hydrogen-bond acceptors (Lipinski definition) is 8. The Morgan fingerprint density at radius 1 is 1.12 bits per heavy atom. The van der Waals surface area contributed by atoms with E-state index >= 15 is 0 Å². The lowest BCUT2D eigenvalue weighted by Gasteiger charge is -2.20. The number of carbonyl (C=O) groups excluding carboxylic acids is 1. The molecule has 0 aliphatic heterocycles. The average molecular weight is 475 g/mol. The van der Waals surface area contributed by atoms with Crippen LogP contribution in [0.3, 0.4) is 0 Å². The number of benzene rings is 2. The van der Waals surface area contributed by atoms with Gasteiger partial charge in [0.25, 0.3) is 5.91 Å². The van der Waals surface area contributed by atoms with E-state index in [1.807, 2.05) is 0 Å². The van der Waals surface area contributed by atoms with Crippen LogP contribution in [-0.2, 0) is 16.6 Å². The summed E-state index contributed by atoms with van der Waals surface area (Å²) < 4.78 is 43.1. The second-order valence-corrected chi connectivity index (χ2v) is 8.86. The third-order valence-electron chi connectivity index (χ3n) is 4.82. The molecule has 0 radical (unpaired) electrons. The number of anilines is 1. The molecular weight excluding hydrogens is 448 g/mol. The lowest BCUT2D eigenvalue weighted by atomic mass is 10.1. The molecule has 0 unspecified atom stereocenters. The van der Waals surface area contributed by atoms with E-state index in [4.69, 9.17) is 14.0 Å². The number of hydrogen-bond donors (Lipinski definition) is 1. The molecule has 0 atom stereocenters. The number of rotatable bonds is 10. The van der Waals surface area contributed by atoms with Gasteiger partial charge in [-0.25, -0.2) is 8.42 Å². The molecule has 11 heteroatoms. The third kappa shape index (κ3) is 5.49. The first-order valence-corrected chi connectivity index (χ1v) is 11.7. The summed E-state index contributed by atoms with van der Waals surface area (Å²) in [6.45, 7) is 5.87. The molecule has 1 heterocycles. The molecule has 0 bridgehead atoms. The van der Waals surface area contributed by atoms with E-state index in [9.17, 15) is 13.2 Å². The van der Waals surface area contributed by atoms with Gasteiger partial charge in [-0.05, 0) is 30.3 Å². The van der Waals surface area contributed by atoms with E-state index in [2.05, 4.69) is 15.5 Å². The summed E-state index contributed by atoms with van der Waals surface area (Å²) >= 11 is 0. The topological polar surface area (TPSA) is 124 Å². The Morgan fingerprint density at radius 3 is 2.48 bits per heavy atom. The lowest BCUT2D eigenvalue weighted by molar-refractivity contribution is 0.102. The molecule has 0 saturated heterocycles. The number of amides is 1. The molecule has 3 aromatic rings. The van der Waals surface area contributed by atoms with Crippen molar-refractivity contribution in [1.29, 1.82) is 0 Å². The summed E-state index contributed by atoms with van der Waals surface area (Å²) in [4.78, 5) is 17.2. The van der Waals surface area contributed by atoms with E-state index in [1.165, 1.54) is 29.6 Å². The second-order valence-electron chi connectivity index (χ2n) is 6.92. The highest BCUT2D eigenvalue weighted by Crippen LogP contribution is 2.30. The number of aromatic nitrogens is 2. The lowest BCUT2D eigenvalue weighted by Crippen LogP contribution is -2.30. The molecule has 1 aromatic heterocycles. The minimum Gasteiger partial charge on any atom is -0.495 e. The van der Waals surface area contributed by atoms with Gasteiger partial charge in [-0.15, -0.1) is 0 Å². The maximum Gasteiger partial charge on any atom is 0.259 e. The van der Waals surface area contributed by atoms with E-state index in [1.54, 1.807) is 45.0 Å². The molecule has 3 rings (SSSR count). The van der Waals surface area contributed by atoms with Crippen molar-refractivity contribution in [2.24, 2.45) is 0 Å². The Kier molecular flexibility index (Phi) is 7.67. The standard InChI is InChI=1S/C22H26N4O6S/c1-5-26(6-2)33(28,29)16-11-12-20(30-4)18(13-16)24-22(27)17-9-7-8-10-19(17)31-14-21-23-15(3)32-25-21/h7-13H,5-6,14H2,1-4H3,(H,24,27). The maximum atomic E-state index is 13.1. The number of methoxy groups -OCH3 is 1. The van der Waals surface area contributed by atoms with Gasteiger partial charge in [0, 0.05) is 20.0 Å². The molecule has 0 aliphatic rings. The number of nitrogens with one attached hydrogen (secondary N) is 1. The van der Waals surface area contributed by atoms with Crippen molar-refractivity contribution in [3.8, 4) is 11.5 Å². The van der Waals surface area contributed by atoms with Gasteiger partial charge in [-0.3, -0.25) is 4.79 Å². The Bertz CT molecular complexity index is 1220. The second kappa shape index (κ2) is 10.5. The average Bonchev–Trinajstić information content (AvgIpc) is 3.23. The van der Waals surface area contributed by atoms with Crippen LogP contribution >= 0.6 is 0 Å². The molecule has 0 aliphatic carbocycles. The molecular formula is C22H26N4O6S. The predicted molar refractivity (Wildman–Crippen MR) is 121 cm³/mol. The number of aryl methyl sites for hydroxylation is 1. The summed E-state index contributed by atoms with van der Waals surface area (Å²) in [7, 11) is -2.28. The van der Waals surface area contributed by atoms with Crippen molar-refractivity contribution < 1.29 is 27.2 Å². The third-order valence-corrected chi connectivity index (χ3v) is 6.87. The summed E-state index contributed by atoms with van der Waals surface area (Å²) in [6.07, 6.45) is 0. The van der Waals surface area contributed by atoms with Crippen LogP contribution in [0, 0.1) is 6.92 Å². The number of ether oxygens (including phenoxy) is 2. The van der Waals surface area contributed by atoms with E-state index in [0.717, 1.165) is 0 Å². The van der Waals surface area contributed by atoms with Crippen LogP contribution in [0.2, 0.25) is 0 Å². The number of sulfonamides is 1. The zero-order valence-corrected chi connectivity index (χ0v) is 19.7. The highest BCUT2D eigenvalue weighted by Gasteiger charge is 2.24. The molecule has 0 fully saturated rings. The van der Waals surface area contributed by atoms with Crippen LogP contribution < -0.4 is 14.8 Å². The molecule has 10 nitrogen and oxygen atoms in total. The fraction of sp³-hybridized carbons (Fsp3) is 0.318. The summed E-state index contributed by atoms with van der Waals surface area (Å²) in [5.74, 6) is 0.890. The molecule has 1 N–H and O–H groups in total. The minimum absolute atomic E-state index is 0.0164. The minimum atomic E-state index is -3.72. The Hall–Kier alpha value is -3.44. The number of para-hydroxylation sites is 1. The van der Waals surface area contributed by atoms with Gasteiger partial charge in [-0.1, -0.05) is 31.1 Å². The van der Waals surface area contributed by atoms with Gasteiger partial charge in [0.1, 0.15) is 11.5 Å². The highest BCUT2D eigenvalue weighted by atomic mass is 32.2. The van der Waals surface area contributed by atoms with E-state index in [0.29, 0.717) is 36.3 Å². The van der Waals surface area contributed by atoms with Crippen LogP contribution in [0.1, 0.15) is 35.9 Å².